The van der Waals surface area contributed by atoms with E-state index in [1.165, 1.54) is 10.8 Å². The lowest BCUT2D eigenvalue weighted by Crippen LogP contribution is -2.24. The summed E-state index contributed by atoms with van der Waals surface area (Å²) in [4.78, 5) is 15.9. The molecule has 0 bridgehead atoms. The van der Waals surface area contributed by atoms with Gasteiger partial charge in [0.2, 0.25) is 0 Å². The van der Waals surface area contributed by atoms with Crippen molar-refractivity contribution in [1.82, 2.24) is 14.8 Å². The number of hydrogen-bond donors (Lipinski definition) is 0. The van der Waals surface area contributed by atoms with Gasteiger partial charge in [0.1, 0.15) is 18.2 Å². The number of hydrogen-bond acceptors (Lipinski definition) is 5. The molecule has 6 heteroatoms. The molecule has 0 radical (unpaired) electrons. The first-order chi connectivity index (χ1) is 11.1. The van der Waals surface area contributed by atoms with Gasteiger partial charge >= 0.3 is 5.97 Å². The predicted molar refractivity (Wildman–Crippen MR) is 85.8 cm³/mol. The van der Waals surface area contributed by atoms with Gasteiger partial charge in [-0.25, -0.2) is 14.5 Å². The summed E-state index contributed by atoms with van der Waals surface area (Å²) in [7, 11) is 1.63. The van der Waals surface area contributed by atoms with Crippen LogP contribution in [0.3, 0.4) is 0 Å². The van der Waals surface area contributed by atoms with Gasteiger partial charge in [-0.1, -0.05) is 0 Å². The van der Waals surface area contributed by atoms with Crippen LogP contribution >= 0.6 is 0 Å². The lowest BCUT2D eigenvalue weighted by molar-refractivity contribution is -0.146. The van der Waals surface area contributed by atoms with E-state index in [1.54, 1.807) is 19.6 Å². The minimum atomic E-state index is -0.344. The second-order valence-electron chi connectivity index (χ2n) is 5.59. The minimum Gasteiger partial charge on any atom is -0.497 e. The number of carbonyl (C=O) groups excluding carboxylic acids is 1. The highest BCUT2D eigenvalue weighted by Gasteiger charge is 2.20. The van der Waals surface area contributed by atoms with Crippen molar-refractivity contribution in [2.75, 3.05) is 7.11 Å². The lowest BCUT2D eigenvalue weighted by Gasteiger charge is -2.24. The second kappa shape index (κ2) is 6.64. The highest BCUT2D eigenvalue weighted by atomic mass is 16.5. The number of aryl methyl sites for hydroxylation is 1. The Bertz CT molecular complexity index is 732. The van der Waals surface area contributed by atoms with Crippen LogP contribution in [0, 0.1) is 6.92 Å². The van der Waals surface area contributed by atoms with Crippen LogP contribution in [0.1, 0.15) is 24.8 Å². The average Bonchev–Trinajstić information content (AvgIpc) is 2.97. The normalized spacial score (nSPS) is 14.7. The van der Waals surface area contributed by atoms with Crippen LogP contribution in [0.25, 0.3) is 17.6 Å². The summed E-state index contributed by atoms with van der Waals surface area (Å²) in [6.45, 7) is 1.99. The zero-order valence-corrected chi connectivity index (χ0v) is 13.2. The van der Waals surface area contributed by atoms with E-state index in [0.29, 0.717) is 5.82 Å². The first-order valence-corrected chi connectivity index (χ1v) is 7.60. The number of nitrogens with zero attached hydrogens (tertiary/aromatic N) is 3. The van der Waals surface area contributed by atoms with Crippen molar-refractivity contribution in [3.05, 3.63) is 36.2 Å². The average molecular weight is 313 g/mol. The molecule has 120 valence electrons. The van der Waals surface area contributed by atoms with Crippen molar-refractivity contribution in [2.45, 2.75) is 32.3 Å². The third kappa shape index (κ3) is 3.77. The fraction of sp³-hybridized carbons (Fsp3) is 0.353. The van der Waals surface area contributed by atoms with Crippen molar-refractivity contribution in [1.29, 1.82) is 0 Å². The molecule has 23 heavy (non-hydrogen) atoms. The molecular weight excluding hydrogens is 294 g/mol. The molecule has 1 heterocycles. The van der Waals surface area contributed by atoms with Crippen molar-refractivity contribution >= 4 is 12.2 Å². The van der Waals surface area contributed by atoms with Gasteiger partial charge in [0.15, 0.2) is 5.82 Å². The molecule has 0 spiro atoms. The van der Waals surface area contributed by atoms with Gasteiger partial charge in [-0.3, -0.25) is 0 Å². The van der Waals surface area contributed by atoms with E-state index in [2.05, 4.69) is 10.1 Å². The topological polar surface area (TPSA) is 66.2 Å². The summed E-state index contributed by atoms with van der Waals surface area (Å²) in [6, 6.07) is 5.80. The maximum absolute atomic E-state index is 11.6. The lowest BCUT2D eigenvalue weighted by atomic mass is 9.96. The smallest absolute Gasteiger partial charge is 0.332 e. The van der Waals surface area contributed by atoms with Crippen LogP contribution in [0.5, 0.6) is 5.75 Å². The zero-order valence-electron chi connectivity index (χ0n) is 13.2. The number of aromatic nitrogens is 3. The van der Waals surface area contributed by atoms with Gasteiger partial charge in [-0.05, 0) is 49.9 Å². The van der Waals surface area contributed by atoms with E-state index in [1.807, 2.05) is 25.1 Å². The van der Waals surface area contributed by atoms with Crippen LogP contribution < -0.4 is 4.74 Å². The Hall–Kier alpha value is -2.63. The third-order valence-electron chi connectivity index (χ3n) is 3.75. The predicted octanol–water partition coefficient (Wildman–Crippen LogP) is 2.83. The van der Waals surface area contributed by atoms with E-state index in [4.69, 9.17) is 9.47 Å². The molecule has 0 N–H and O–H groups in total. The number of ether oxygens (including phenoxy) is 2. The molecule has 1 aromatic heterocycles. The summed E-state index contributed by atoms with van der Waals surface area (Å²) in [5, 5.41) is 4.34. The third-order valence-corrected chi connectivity index (χ3v) is 3.75. The number of esters is 1. The van der Waals surface area contributed by atoms with Crippen LogP contribution in [-0.4, -0.2) is 33.9 Å². The van der Waals surface area contributed by atoms with Crippen LogP contribution in [0.4, 0.5) is 0 Å². The molecule has 0 unspecified atom stereocenters. The molecule has 1 aromatic carbocycles. The van der Waals surface area contributed by atoms with Gasteiger partial charge in [0.05, 0.1) is 7.11 Å². The Balaban J connectivity index is 1.70. The van der Waals surface area contributed by atoms with Gasteiger partial charge in [0.25, 0.3) is 0 Å². The first-order valence-electron chi connectivity index (χ1n) is 7.60. The van der Waals surface area contributed by atoms with Gasteiger partial charge < -0.3 is 9.47 Å². The van der Waals surface area contributed by atoms with Crippen molar-refractivity contribution in [2.24, 2.45) is 0 Å². The summed E-state index contributed by atoms with van der Waals surface area (Å²) in [6.07, 6.45) is 7.60. The number of methoxy groups -OCH3 is 1. The molecule has 0 atom stereocenters. The van der Waals surface area contributed by atoms with Gasteiger partial charge in [0, 0.05) is 17.8 Å². The number of benzene rings is 1. The molecule has 0 aliphatic heterocycles. The van der Waals surface area contributed by atoms with Crippen molar-refractivity contribution < 1.29 is 14.3 Å². The molecule has 3 rings (SSSR count). The standard InChI is InChI=1S/C17H19N3O3/c1-12-8-13(10-15(9-12)22-2)17-18-11-20(19-17)7-6-16(21)23-14-4-3-5-14/h6-11,14H,3-5H2,1-2H3/b7-6-. The monoisotopic (exact) mass is 313 g/mol. The summed E-state index contributed by atoms with van der Waals surface area (Å²) in [5.74, 6) is 0.990. The summed E-state index contributed by atoms with van der Waals surface area (Å²) < 4.78 is 12.0. The van der Waals surface area contributed by atoms with Crippen molar-refractivity contribution in [3.63, 3.8) is 0 Å². The Morgan fingerprint density at radius 1 is 1.35 bits per heavy atom. The van der Waals surface area contributed by atoms with Gasteiger partial charge in [-0.2, -0.15) is 0 Å². The largest absolute Gasteiger partial charge is 0.497 e. The van der Waals surface area contributed by atoms with Crippen LogP contribution in [0.15, 0.2) is 30.6 Å². The fourth-order valence-electron chi connectivity index (χ4n) is 2.30. The molecule has 6 nitrogen and oxygen atoms in total. The maximum atomic E-state index is 11.6. The molecular formula is C17H19N3O3. The molecule has 1 saturated carbocycles. The first kappa shape index (κ1) is 15.3. The Kier molecular flexibility index (Phi) is 4.41. The SMILES string of the molecule is COc1cc(C)cc(-c2ncn(/C=C\C(=O)OC3CCC3)n2)c1. The Morgan fingerprint density at radius 3 is 2.87 bits per heavy atom. The van der Waals surface area contributed by atoms with Crippen LogP contribution in [-0.2, 0) is 9.53 Å². The Morgan fingerprint density at radius 2 is 2.17 bits per heavy atom. The highest BCUT2D eigenvalue weighted by molar-refractivity contribution is 5.85. The van der Waals surface area contributed by atoms with Gasteiger partial charge in [-0.15, -0.1) is 5.10 Å². The molecule has 1 aliphatic carbocycles. The van der Waals surface area contributed by atoms with Crippen LogP contribution in [0.2, 0.25) is 0 Å². The van der Waals surface area contributed by atoms with E-state index >= 15 is 0 Å². The second-order valence-corrected chi connectivity index (χ2v) is 5.59. The zero-order chi connectivity index (χ0) is 16.2. The molecule has 1 aliphatic rings. The highest BCUT2D eigenvalue weighted by Crippen LogP contribution is 2.23. The molecule has 2 aromatic rings. The van der Waals surface area contributed by atoms with E-state index in [-0.39, 0.29) is 12.1 Å². The van der Waals surface area contributed by atoms with Crippen molar-refractivity contribution in [3.8, 4) is 17.1 Å². The van der Waals surface area contributed by atoms with E-state index < -0.39 is 0 Å². The molecule has 0 saturated heterocycles. The minimum absolute atomic E-state index is 0.0817. The van der Waals surface area contributed by atoms with E-state index in [9.17, 15) is 4.79 Å². The molecule has 0 amide bonds. The van der Waals surface area contributed by atoms with E-state index in [0.717, 1.165) is 36.1 Å². The quantitative estimate of drug-likeness (QED) is 0.627. The number of rotatable bonds is 5. The number of carbonyl (C=O) groups is 1. The molecule has 1 fully saturated rings. The fourth-order valence-corrected chi connectivity index (χ4v) is 2.30. The summed E-state index contributed by atoms with van der Waals surface area (Å²) >= 11 is 0. The summed E-state index contributed by atoms with van der Waals surface area (Å²) in [5.41, 5.74) is 1.93. The maximum Gasteiger partial charge on any atom is 0.332 e. The Labute approximate surface area is 134 Å².